The molecule has 120 valence electrons. The minimum absolute atomic E-state index is 0.00621. The van der Waals surface area contributed by atoms with E-state index in [1.807, 2.05) is 6.07 Å². The van der Waals surface area contributed by atoms with E-state index in [0.717, 1.165) is 0 Å². The summed E-state index contributed by atoms with van der Waals surface area (Å²) >= 11 is 1.30. The highest BCUT2D eigenvalue weighted by atomic mass is 32.2. The van der Waals surface area contributed by atoms with Crippen molar-refractivity contribution < 1.29 is 19.8 Å². The van der Waals surface area contributed by atoms with Gasteiger partial charge in [-0.1, -0.05) is 0 Å². The van der Waals surface area contributed by atoms with Crippen molar-refractivity contribution in [3.05, 3.63) is 10.6 Å². The number of nitriles is 1. The van der Waals surface area contributed by atoms with E-state index >= 15 is 0 Å². The molecule has 0 radical (unpaired) electrons. The molecule has 2 aliphatic heterocycles. The Bertz CT molecular complexity index is 555. The Labute approximate surface area is 132 Å². The molecule has 1 amide bonds. The van der Waals surface area contributed by atoms with Gasteiger partial charge in [-0.05, 0) is 19.9 Å². The highest BCUT2D eigenvalue weighted by Gasteiger charge is 2.60. The molecule has 0 aliphatic carbocycles. The number of carboxylic acid groups (broad SMARTS) is 1. The fourth-order valence-corrected chi connectivity index (χ4v) is 4.44. The summed E-state index contributed by atoms with van der Waals surface area (Å²) in [5.74, 6) is -1.80. The van der Waals surface area contributed by atoms with Gasteiger partial charge in [0.25, 0.3) is 0 Å². The number of nitrogens with zero attached hydrogens (tertiary/aromatic N) is 2. The van der Waals surface area contributed by atoms with Gasteiger partial charge in [0.05, 0.1) is 24.1 Å². The third kappa shape index (κ3) is 2.60. The van der Waals surface area contributed by atoms with Crippen LogP contribution in [0.1, 0.15) is 19.8 Å². The molecule has 2 rings (SSSR count). The van der Waals surface area contributed by atoms with Gasteiger partial charge < -0.3 is 20.8 Å². The lowest BCUT2D eigenvalue weighted by Gasteiger charge is -2.47. The Hall–Kier alpha value is -1.56. The fraction of sp³-hybridized carbons (Fsp3) is 0.643. The van der Waals surface area contributed by atoms with Gasteiger partial charge in [0.1, 0.15) is 5.70 Å². The van der Waals surface area contributed by atoms with Crippen molar-refractivity contribution in [2.45, 2.75) is 31.9 Å². The molecule has 1 saturated heterocycles. The maximum atomic E-state index is 12.2. The molecule has 0 aromatic carbocycles. The number of thioether (sulfide) groups is 1. The van der Waals surface area contributed by atoms with E-state index < -0.39 is 18.0 Å². The number of rotatable bonds is 7. The van der Waals surface area contributed by atoms with Gasteiger partial charge in [-0.15, -0.1) is 11.8 Å². The summed E-state index contributed by atoms with van der Waals surface area (Å²) in [6.07, 6.45) is 0.0191. The summed E-state index contributed by atoms with van der Waals surface area (Å²) in [7, 11) is 0. The first-order valence-corrected chi connectivity index (χ1v) is 8.12. The first-order valence-electron chi connectivity index (χ1n) is 7.14. The number of β-lactam (4-membered cyclic amide) rings is 1. The molecule has 0 bridgehead atoms. The highest BCUT2D eigenvalue weighted by molar-refractivity contribution is 8.03. The minimum Gasteiger partial charge on any atom is -0.477 e. The number of amides is 1. The van der Waals surface area contributed by atoms with Crippen molar-refractivity contribution in [1.29, 1.82) is 5.26 Å². The predicted molar refractivity (Wildman–Crippen MR) is 80.3 cm³/mol. The average molecular weight is 325 g/mol. The molecule has 8 heteroatoms. The van der Waals surface area contributed by atoms with E-state index in [9.17, 15) is 19.8 Å². The Kier molecular flexibility index (Phi) is 5.11. The van der Waals surface area contributed by atoms with Crippen molar-refractivity contribution in [2.24, 2.45) is 17.6 Å². The van der Waals surface area contributed by atoms with Gasteiger partial charge in [-0.3, -0.25) is 4.79 Å². The lowest BCUT2D eigenvalue weighted by molar-refractivity contribution is -0.163. The maximum absolute atomic E-state index is 12.2. The van der Waals surface area contributed by atoms with Crippen LogP contribution < -0.4 is 5.73 Å². The van der Waals surface area contributed by atoms with Gasteiger partial charge >= 0.3 is 5.97 Å². The second-order valence-electron chi connectivity index (χ2n) is 5.42. The first kappa shape index (κ1) is 16.8. The first-order chi connectivity index (χ1) is 10.5. The molecule has 0 aromatic rings. The van der Waals surface area contributed by atoms with Crippen LogP contribution in [0.15, 0.2) is 10.6 Å². The highest BCUT2D eigenvalue weighted by Crippen LogP contribution is 2.51. The molecule has 22 heavy (non-hydrogen) atoms. The number of carbonyl (C=O) groups excluding carboxylic acids is 1. The third-order valence-electron chi connectivity index (χ3n) is 4.08. The van der Waals surface area contributed by atoms with Crippen LogP contribution in [0.5, 0.6) is 0 Å². The monoisotopic (exact) mass is 325 g/mol. The molecule has 2 heterocycles. The largest absolute Gasteiger partial charge is 0.477 e. The van der Waals surface area contributed by atoms with Crippen molar-refractivity contribution in [3.63, 3.8) is 0 Å². The quantitative estimate of drug-likeness (QED) is 0.448. The second kappa shape index (κ2) is 6.69. The van der Waals surface area contributed by atoms with Crippen LogP contribution in [0, 0.1) is 23.2 Å². The van der Waals surface area contributed by atoms with Crippen LogP contribution in [0.2, 0.25) is 0 Å². The van der Waals surface area contributed by atoms with Crippen LogP contribution in [0.3, 0.4) is 0 Å². The van der Waals surface area contributed by atoms with Gasteiger partial charge in [-0.2, -0.15) is 5.26 Å². The van der Waals surface area contributed by atoms with E-state index in [2.05, 4.69) is 0 Å². The van der Waals surface area contributed by atoms with Gasteiger partial charge in [0, 0.05) is 23.0 Å². The van der Waals surface area contributed by atoms with Gasteiger partial charge in [-0.25, -0.2) is 4.79 Å². The van der Waals surface area contributed by atoms with Crippen LogP contribution in [-0.2, 0) is 9.59 Å². The standard InChI is InChI=1S/C14H19N3O4S/c1-7(18)9-10-8(3-5-16)12(22-6-2-4-15)11(14(20)21)17(10)13(9)19/h7-10,18H,2-3,5-6,16H2,1H3,(H,20,21)/t7-,8-,9-,10-/m1/s1. The number of carboxylic acids is 1. The van der Waals surface area contributed by atoms with E-state index in [4.69, 9.17) is 11.0 Å². The number of hydrogen-bond donors (Lipinski definition) is 3. The Morgan fingerprint density at radius 3 is 2.77 bits per heavy atom. The molecule has 0 saturated carbocycles. The van der Waals surface area contributed by atoms with Crippen LogP contribution in [0.4, 0.5) is 0 Å². The second-order valence-corrected chi connectivity index (χ2v) is 6.56. The molecular formula is C14H19N3O4S. The smallest absolute Gasteiger partial charge is 0.353 e. The summed E-state index contributed by atoms with van der Waals surface area (Å²) in [6, 6.07) is 1.68. The summed E-state index contributed by atoms with van der Waals surface area (Å²) in [4.78, 5) is 25.7. The zero-order chi connectivity index (χ0) is 16.4. The van der Waals surface area contributed by atoms with Crippen molar-refractivity contribution in [3.8, 4) is 6.07 Å². The molecular weight excluding hydrogens is 306 g/mol. The number of nitrogens with two attached hydrogens (primary N) is 1. The van der Waals surface area contributed by atoms with Crippen molar-refractivity contribution in [1.82, 2.24) is 4.90 Å². The molecule has 0 aromatic heterocycles. The number of hydrogen-bond acceptors (Lipinski definition) is 6. The Morgan fingerprint density at radius 2 is 2.27 bits per heavy atom. The maximum Gasteiger partial charge on any atom is 0.353 e. The SMILES string of the molecule is C[C@@H](O)[C@H]1C(=O)N2C(C(=O)O)=C(SCCC#N)[C@H](CCN)[C@H]12. The molecule has 4 N–H and O–H groups in total. The fourth-order valence-electron chi connectivity index (χ4n) is 3.23. The molecule has 2 aliphatic rings. The number of aliphatic carboxylic acids is 1. The van der Waals surface area contributed by atoms with Crippen molar-refractivity contribution in [2.75, 3.05) is 12.3 Å². The van der Waals surface area contributed by atoms with E-state index in [1.165, 1.54) is 16.7 Å². The van der Waals surface area contributed by atoms with Crippen molar-refractivity contribution >= 4 is 23.6 Å². The normalized spacial score (nSPS) is 28.2. The summed E-state index contributed by atoms with van der Waals surface area (Å²) in [5.41, 5.74) is 5.63. The Balaban J connectivity index is 2.35. The van der Waals surface area contributed by atoms with Gasteiger partial charge in [0.15, 0.2) is 0 Å². The lowest BCUT2D eigenvalue weighted by Crippen LogP contribution is -2.64. The lowest BCUT2D eigenvalue weighted by atomic mass is 9.77. The topological polar surface area (TPSA) is 128 Å². The minimum atomic E-state index is -1.15. The van der Waals surface area contributed by atoms with E-state index in [1.54, 1.807) is 6.92 Å². The zero-order valence-electron chi connectivity index (χ0n) is 12.2. The molecule has 4 atom stereocenters. The Morgan fingerprint density at radius 1 is 1.59 bits per heavy atom. The number of aliphatic hydroxyl groups excluding tert-OH is 1. The van der Waals surface area contributed by atoms with Gasteiger partial charge in [0.2, 0.25) is 5.91 Å². The number of fused-ring (bicyclic) bond motifs is 1. The van der Waals surface area contributed by atoms with Crippen LogP contribution >= 0.6 is 11.8 Å². The molecule has 0 unspecified atom stereocenters. The third-order valence-corrected chi connectivity index (χ3v) is 5.30. The molecule has 7 nitrogen and oxygen atoms in total. The van der Waals surface area contributed by atoms with E-state index in [-0.39, 0.29) is 23.6 Å². The summed E-state index contributed by atoms with van der Waals surface area (Å²) in [6.45, 7) is 1.91. The zero-order valence-corrected chi connectivity index (χ0v) is 13.0. The predicted octanol–water partition coefficient (Wildman–Crippen LogP) is 0.116. The van der Waals surface area contributed by atoms with E-state index in [0.29, 0.717) is 30.0 Å². The molecule has 0 spiro atoms. The summed E-state index contributed by atoms with van der Waals surface area (Å²) in [5, 5.41) is 27.9. The summed E-state index contributed by atoms with van der Waals surface area (Å²) < 4.78 is 0. The average Bonchev–Trinajstić information content (AvgIpc) is 2.70. The van der Waals surface area contributed by atoms with Crippen LogP contribution in [-0.4, -0.2) is 51.4 Å². The number of carbonyl (C=O) groups is 2. The molecule has 1 fully saturated rings. The number of aliphatic hydroxyl groups is 1. The van der Waals surface area contributed by atoms with Crippen LogP contribution in [0.25, 0.3) is 0 Å².